The monoisotopic (exact) mass is 287 g/mol. The van der Waals surface area contributed by atoms with Crippen LogP contribution in [0.2, 0.25) is 0 Å². The summed E-state index contributed by atoms with van der Waals surface area (Å²) in [6.45, 7) is 0. The fourth-order valence-electron chi connectivity index (χ4n) is 1.84. The molecule has 1 aromatic heterocycles. The zero-order valence-corrected chi connectivity index (χ0v) is 10.6. The highest BCUT2D eigenvalue weighted by atomic mass is 79.9. The summed E-state index contributed by atoms with van der Waals surface area (Å²) >= 11 is 3.52. The van der Waals surface area contributed by atoms with E-state index >= 15 is 0 Å². The Kier molecular flexibility index (Phi) is 2.37. The molecule has 3 rings (SSSR count). The maximum absolute atomic E-state index is 5.68. The van der Waals surface area contributed by atoms with Crippen LogP contribution in [0.3, 0.4) is 0 Å². The minimum absolute atomic E-state index is 0.756. The highest BCUT2D eigenvalue weighted by Gasteiger charge is 2.06. The van der Waals surface area contributed by atoms with Crippen LogP contribution < -0.4 is 5.73 Å². The lowest BCUT2D eigenvalue weighted by atomic mass is 10.2. The van der Waals surface area contributed by atoms with Gasteiger partial charge in [-0.1, -0.05) is 22.0 Å². The fraction of sp³-hybridized carbons (Fsp3) is 0. The van der Waals surface area contributed by atoms with Gasteiger partial charge in [0, 0.05) is 15.5 Å². The van der Waals surface area contributed by atoms with Gasteiger partial charge in [-0.2, -0.15) is 5.10 Å². The third kappa shape index (κ3) is 1.70. The first kappa shape index (κ1) is 10.4. The maximum atomic E-state index is 5.68. The van der Waals surface area contributed by atoms with Gasteiger partial charge in [-0.3, -0.25) is 0 Å². The first-order chi connectivity index (χ1) is 8.25. The van der Waals surface area contributed by atoms with Gasteiger partial charge in [-0.25, -0.2) is 4.68 Å². The number of nitrogens with zero attached hydrogens (tertiary/aromatic N) is 2. The maximum Gasteiger partial charge on any atom is 0.0752 e. The second-order valence-corrected chi connectivity index (χ2v) is 4.67. The van der Waals surface area contributed by atoms with E-state index in [0.717, 1.165) is 26.8 Å². The van der Waals surface area contributed by atoms with Gasteiger partial charge in [0.1, 0.15) is 0 Å². The summed E-state index contributed by atoms with van der Waals surface area (Å²) in [7, 11) is 0. The molecule has 3 aromatic rings. The molecule has 0 unspecified atom stereocenters. The normalized spacial score (nSPS) is 10.9. The molecule has 0 aliphatic heterocycles. The lowest BCUT2D eigenvalue weighted by molar-refractivity contribution is 0.911. The third-order valence-electron chi connectivity index (χ3n) is 2.70. The summed E-state index contributed by atoms with van der Waals surface area (Å²) in [6, 6.07) is 13.7. The number of rotatable bonds is 1. The number of hydrogen-bond acceptors (Lipinski definition) is 2. The first-order valence-electron chi connectivity index (χ1n) is 5.24. The second-order valence-electron chi connectivity index (χ2n) is 3.82. The molecule has 1 heterocycles. The van der Waals surface area contributed by atoms with Crippen LogP contribution >= 0.6 is 15.9 Å². The molecule has 84 valence electrons. The van der Waals surface area contributed by atoms with Crippen LogP contribution in [0.4, 0.5) is 5.69 Å². The Balaban J connectivity index is 2.24. The summed E-state index contributed by atoms with van der Waals surface area (Å²) < 4.78 is 2.95. The molecule has 0 radical (unpaired) electrons. The molecule has 0 atom stereocenters. The molecule has 17 heavy (non-hydrogen) atoms. The van der Waals surface area contributed by atoms with Gasteiger partial charge in [0.05, 0.1) is 17.4 Å². The van der Waals surface area contributed by atoms with Crippen LogP contribution in [0, 0.1) is 0 Å². The third-order valence-corrected chi connectivity index (χ3v) is 3.39. The standard InChI is InChI=1S/C13H10BrN3/c14-12-2-1-3-13-11(12)8-16-17(13)10-6-4-9(15)5-7-10/h1-8H,15H2. The van der Waals surface area contributed by atoms with Crippen LogP contribution in [-0.2, 0) is 0 Å². The predicted octanol–water partition coefficient (Wildman–Crippen LogP) is 3.37. The second kappa shape index (κ2) is 3.89. The van der Waals surface area contributed by atoms with Crippen molar-refractivity contribution < 1.29 is 0 Å². The molecule has 0 saturated heterocycles. The summed E-state index contributed by atoms with van der Waals surface area (Å²) in [4.78, 5) is 0. The molecule has 4 heteroatoms. The van der Waals surface area contributed by atoms with E-state index in [1.54, 1.807) is 0 Å². The molecule has 3 nitrogen and oxygen atoms in total. The van der Waals surface area contributed by atoms with E-state index in [-0.39, 0.29) is 0 Å². The molecule has 0 aliphatic rings. The SMILES string of the molecule is Nc1ccc(-n2ncc3c(Br)cccc32)cc1. The van der Waals surface area contributed by atoms with E-state index in [9.17, 15) is 0 Å². The Hall–Kier alpha value is -1.81. The van der Waals surface area contributed by atoms with Gasteiger partial charge in [0.15, 0.2) is 0 Å². The largest absolute Gasteiger partial charge is 0.399 e. The topological polar surface area (TPSA) is 43.8 Å². The molecule has 0 amide bonds. The first-order valence-corrected chi connectivity index (χ1v) is 6.03. The molecule has 0 fully saturated rings. The zero-order valence-electron chi connectivity index (χ0n) is 8.97. The van der Waals surface area contributed by atoms with Gasteiger partial charge in [-0.15, -0.1) is 0 Å². The number of benzene rings is 2. The molecule has 0 bridgehead atoms. The van der Waals surface area contributed by atoms with Gasteiger partial charge in [-0.05, 0) is 36.4 Å². The van der Waals surface area contributed by atoms with Crippen molar-refractivity contribution in [3.8, 4) is 5.69 Å². The van der Waals surface area contributed by atoms with Gasteiger partial charge in [0.25, 0.3) is 0 Å². The number of anilines is 1. The smallest absolute Gasteiger partial charge is 0.0752 e. The van der Waals surface area contributed by atoms with E-state index in [2.05, 4.69) is 21.0 Å². The minimum Gasteiger partial charge on any atom is -0.399 e. The van der Waals surface area contributed by atoms with Crippen molar-refractivity contribution in [3.63, 3.8) is 0 Å². The lowest BCUT2D eigenvalue weighted by Crippen LogP contribution is -1.96. The van der Waals surface area contributed by atoms with Crippen LogP contribution in [0.1, 0.15) is 0 Å². The highest BCUT2D eigenvalue weighted by molar-refractivity contribution is 9.10. The summed E-state index contributed by atoms with van der Waals surface area (Å²) in [5, 5.41) is 5.50. The number of fused-ring (bicyclic) bond motifs is 1. The van der Waals surface area contributed by atoms with Crippen molar-refractivity contribution in [1.29, 1.82) is 0 Å². The highest BCUT2D eigenvalue weighted by Crippen LogP contribution is 2.25. The van der Waals surface area contributed by atoms with Crippen LogP contribution in [0.15, 0.2) is 53.1 Å². The van der Waals surface area contributed by atoms with Crippen molar-refractivity contribution in [1.82, 2.24) is 9.78 Å². The number of halogens is 1. The van der Waals surface area contributed by atoms with Gasteiger partial charge < -0.3 is 5.73 Å². The van der Waals surface area contributed by atoms with E-state index in [4.69, 9.17) is 5.73 Å². The summed E-state index contributed by atoms with van der Waals surface area (Å²) in [5.74, 6) is 0. The van der Waals surface area contributed by atoms with Crippen molar-refractivity contribution >= 4 is 32.5 Å². The molecule has 0 spiro atoms. The summed E-state index contributed by atoms with van der Waals surface area (Å²) in [5.41, 5.74) is 8.52. The predicted molar refractivity (Wildman–Crippen MR) is 73.2 cm³/mol. The Bertz CT molecular complexity index is 671. The average Bonchev–Trinajstić information content (AvgIpc) is 2.75. The van der Waals surface area contributed by atoms with E-state index in [1.165, 1.54) is 0 Å². The van der Waals surface area contributed by atoms with Crippen LogP contribution in [0.25, 0.3) is 16.6 Å². The molecule has 0 aliphatic carbocycles. The number of nitrogens with two attached hydrogens (primary N) is 1. The molecule has 2 aromatic carbocycles. The molecular formula is C13H10BrN3. The molecule has 0 saturated carbocycles. The lowest BCUT2D eigenvalue weighted by Gasteiger charge is -2.04. The van der Waals surface area contributed by atoms with Crippen molar-refractivity contribution in [2.24, 2.45) is 0 Å². The zero-order chi connectivity index (χ0) is 11.8. The Morgan fingerprint density at radius 1 is 1.06 bits per heavy atom. The number of nitrogen functional groups attached to an aromatic ring is 1. The van der Waals surface area contributed by atoms with Gasteiger partial charge >= 0.3 is 0 Å². The number of hydrogen-bond donors (Lipinski definition) is 1. The minimum atomic E-state index is 0.756. The fourth-order valence-corrected chi connectivity index (χ4v) is 2.30. The van der Waals surface area contributed by atoms with Crippen LogP contribution in [-0.4, -0.2) is 9.78 Å². The van der Waals surface area contributed by atoms with E-state index in [1.807, 2.05) is 53.3 Å². The Morgan fingerprint density at radius 2 is 1.82 bits per heavy atom. The van der Waals surface area contributed by atoms with E-state index < -0.39 is 0 Å². The number of aromatic nitrogens is 2. The van der Waals surface area contributed by atoms with Crippen molar-refractivity contribution in [2.45, 2.75) is 0 Å². The van der Waals surface area contributed by atoms with Crippen molar-refractivity contribution in [2.75, 3.05) is 5.73 Å². The average molecular weight is 288 g/mol. The quantitative estimate of drug-likeness (QED) is 0.698. The van der Waals surface area contributed by atoms with E-state index in [0.29, 0.717) is 0 Å². The van der Waals surface area contributed by atoms with Crippen molar-refractivity contribution in [3.05, 3.63) is 53.1 Å². The Morgan fingerprint density at radius 3 is 2.59 bits per heavy atom. The summed E-state index contributed by atoms with van der Waals surface area (Å²) in [6.07, 6.45) is 1.86. The van der Waals surface area contributed by atoms with Gasteiger partial charge in [0.2, 0.25) is 0 Å². The molecular weight excluding hydrogens is 278 g/mol. The Labute approximate surface area is 107 Å². The molecule has 2 N–H and O–H groups in total. The van der Waals surface area contributed by atoms with Crippen LogP contribution in [0.5, 0.6) is 0 Å².